The quantitative estimate of drug-likeness (QED) is 0.705. The molecule has 0 fully saturated rings. The summed E-state index contributed by atoms with van der Waals surface area (Å²) in [5, 5.41) is 2.87. The number of hydrogen-bond donors (Lipinski definition) is 1. The van der Waals surface area contributed by atoms with Gasteiger partial charge in [0.1, 0.15) is 0 Å². The Morgan fingerprint density at radius 1 is 1.10 bits per heavy atom. The molecule has 0 aliphatic heterocycles. The van der Waals surface area contributed by atoms with Gasteiger partial charge in [-0.3, -0.25) is 4.79 Å². The Morgan fingerprint density at radius 2 is 1.70 bits per heavy atom. The highest BCUT2D eigenvalue weighted by atomic mass is 16.1. The highest BCUT2D eigenvalue weighted by molar-refractivity contribution is 5.93. The Kier molecular flexibility index (Phi) is 7.62. The van der Waals surface area contributed by atoms with Gasteiger partial charge in [-0.1, -0.05) is 27.2 Å². The predicted octanol–water partition coefficient (Wildman–Crippen LogP) is 2.63. The summed E-state index contributed by atoms with van der Waals surface area (Å²) < 4.78 is 0. The standard InChI is InChI=1S/C15H26N4O/c1-4-7-8-16-14(20)13-11-17-15(18-12-13)19(9-5-2)10-6-3/h11-12H,4-10H2,1-3H3,(H,16,20). The van der Waals surface area contributed by atoms with Gasteiger partial charge in [0.25, 0.3) is 5.91 Å². The molecule has 1 N–H and O–H groups in total. The third-order valence-electron chi connectivity index (χ3n) is 2.99. The zero-order valence-electron chi connectivity index (χ0n) is 12.9. The van der Waals surface area contributed by atoms with Gasteiger partial charge in [0.2, 0.25) is 5.95 Å². The van der Waals surface area contributed by atoms with Crippen molar-refractivity contribution in [1.29, 1.82) is 0 Å². The molecule has 1 heterocycles. The van der Waals surface area contributed by atoms with Crippen molar-refractivity contribution in [3.8, 4) is 0 Å². The summed E-state index contributed by atoms with van der Waals surface area (Å²) in [5.74, 6) is 0.612. The molecule has 0 atom stereocenters. The van der Waals surface area contributed by atoms with Crippen LogP contribution in [0.25, 0.3) is 0 Å². The minimum atomic E-state index is -0.0949. The third kappa shape index (κ3) is 5.15. The summed E-state index contributed by atoms with van der Waals surface area (Å²) in [6.07, 6.45) is 7.40. The number of carbonyl (C=O) groups is 1. The molecule has 112 valence electrons. The molecule has 0 unspecified atom stereocenters. The van der Waals surface area contributed by atoms with Crippen molar-refractivity contribution in [3.05, 3.63) is 18.0 Å². The molecular weight excluding hydrogens is 252 g/mol. The smallest absolute Gasteiger partial charge is 0.254 e. The summed E-state index contributed by atoms with van der Waals surface area (Å²) in [7, 11) is 0. The first kappa shape index (κ1) is 16.4. The number of nitrogens with zero attached hydrogens (tertiary/aromatic N) is 3. The molecule has 0 spiro atoms. The summed E-state index contributed by atoms with van der Waals surface area (Å²) >= 11 is 0. The fourth-order valence-corrected chi connectivity index (χ4v) is 1.93. The molecule has 0 saturated heterocycles. The number of aromatic nitrogens is 2. The topological polar surface area (TPSA) is 58.1 Å². The molecule has 20 heavy (non-hydrogen) atoms. The zero-order valence-corrected chi connectivity index (χ0v) is 12.9. The zero-order chi connectivity index (χ0) is 14.8. The maximum atomic E-state index is 11.8. The van der Waals surface area contributed by atoms with Gasteiger partial charge in [-0.2, -0.15) is 0 Å². The fourth-order valence-electron chi connectivity index (χ4n) is 1.93. The highest BCUT2D eigenvalue weighted by Crippen LogP contribution is 2.08. The Balaban J connectivity index is 2.64. The maximum Gasteiger partial charge on any atom is 0.254 e. The maximum absolute atomic E-state index is 11.8. The van der Waals surface area contributed by atoms with E-state index in [1.807, 2.05) is 0 Å². The summed E-state index contributed by atoms with van der Waals surface area (Å²) in [6, 6.07) is 0. The van der Waals surface area contributed by atoms with Crippen LogP contribution in [0, 0.1) is 0 Å². The number of nitrogens with one attached hydrogen (secondary N) is 1. The van der Waals surface area contributed by atoms with Crippen LogP contribution in [0.1, 0.15) is 56.8 Å². The molecule has 0 aliphatic rings. The van der Waals surface area contributed by atoms with Gasteiger partial charge in [0.05, 0.1) is 5.56 Å². The molecule has 1 rings (SSSR count). The molecule has 1 aromatic rings. The van der Waals surface area contributed by atoms with Crippen molar-refractivity contribution < 1.29 is 4.79 Å². The van der Waals surface area contributed by atoms with Crippen LogP contribution in [0.3, 0.4) is 0 Å². The molecule has 0 radical (unpaired) electrons. The van der Waals surface area contributed by atoms with Gasteiger partial charge in [-0.05, 0) is 19.3 Å². The molecule has 0 bridgehead atoms. The van der Waals surface area contributed by atoms with Crippen LogP contribution in [0.4, 0.5) is 5.95 Å². The second kappa shape index (κ2) is 9.28. The first-order valence-corrected chi connectivity index (χ1v) is 7.58. The van der Waals surface area contributed by atoms with Crippen LogP contribution < -0.4 is 10.2 Å². The van der Waals surface area contributed by atoms with E-state index in [9.17, 15) is 4.79 Å². The number of amides is 1. The summed E-state index contributed by atoms with van der Waals surface area (Å²) in [4.78, 5) is 22.6. The van der Waals surface area contributed by atoms with E-state index in [0.717, 1.165) is 38.8 Å². The van der Waals surface area contributed by atoms with Gasteiger partial charge >= 0.3 is 0 Å². The van der Waals surface area contributed by atoms with Crippen molar-refractivity contribution in [1.82, 2.24) is 15.3 Å². The van der Waals surface area contributed by atoms with E-state index in [1.54, 1.807) is 12.4 Å². The second-order valence-electron chi connectivity index (χ2n) is 4.87. The Labute approximate surface area is 121 Å². The van der Waals surface area contributed by atoms with Gasteiger partial charge in [-0.25, -0.2) is 9.97 Å². The van der Waals surface area contributed by atoms with Crippen molar-refractivity contribution in [3.63, 3.8) is 0 Å². The molecule has 0 aliphatic carbocycles. The first-order chi connectivity index (χ1) is 9.72. The van der Waals surface area contributed by atoms with Crippen molar-refractivity contribution in [2.24, 2.45) is 0 Å². The monoisotopic (exact) mass is 278 g/mol. The lowest BCUT2D eigenvalue weighted by atomic mass is 10.3. The molecule has 5 nitrogen and oxygen atoms in total. The van der Waals surface area contributed by atoms with Gasteiger partial charge in [0, 0.05) is 32.0 Å². The minimum absolute atomic E-state index is 0.0949. The second-order valence-corrected chi connectivity index (χ2v) is 4.87. The van der Waals surface area contributed by atoms with Crippen LogP contribution in [0.2, 0.25) is 0 Å². The minimum Gasteiger partial charge on any atom is -0.352 e. The van der Waals surface area contributed by atoms with Crippen LogP contribution in [0.5, 0.6) is 0 Å². The number of unbranched alkanes of at least 4 members (excludes halogenated alkanes) is 1. The number of anilines is 1. The first-order valence-electron chi connectivity index (χ1n) is 7.58. The lowest BCUT2D eigenvalue weighted by Crippen LogP contribution is -2.28. The van der Waals surface area contributed by atoms with Crippen LogP contribution in [-0.2, 0) is 0 Å². The van der Waals surface area contributed by atoms with Crippen LogP contribution in [0.15, 0.2) is 12.4 Å². The average Bonchev–Trinajstić information content (AvgIpc) is 2.47. The Morgan fingerprint density at radius 3 is 2.20 bits per heavy atom. The van der Waals surface area contributed by atoms with Crippen molar-refractivity contribution >= 4 is 11.9 Å². The van der Waals surface area contributed by atoms with E-state index >= 15 is 0 Å². The van der Waals surface area contributed by atoms with E-state index in [0.29, 0.717) is 18.1 Å². The van der Waals surface area contributed by atoms with E-state index in [1.165, 1.54) is 0 Å². The van der Waals surface area contributed by atoms with Crippen molar-refractivity contribution in [2.75, 3.05) is 24.5 Å². The van der Waals surface area contributed by atoms with E-state index in [4.69, 9.17) is 0 Å². The molecule has 5 heteroatoms. The average molecular weight is 278 g/mol. The van der Waals surface area contributed by atoms with E-state index in [-0.39, 0.29) is 5.91 Å². The van der Waals surface area contributed by atoms with Gasteiger partial charge < -0.3 is 10.2 Å². The van der Waals surface area contributed by atoms with Crippen molar-refractivity contribution in [2.45, 2.75) is 46.5 Å². The van der Waals surface area contributed by atoms with Crippen LogP contribution in [-0.4, -0.2) is 35.5 Å². The van der Waals surface area contributed by atoms with E-state index < -0.39 is 0 Å². The largest absolute Gasteiger partial charge is 0.352 e. The number of rotatable bonds is 9. The molecular formula is C15H26N4O. The summed E-state index contributed by atoms with van der Waals surface area (Å²) in [5.41, 5.74) is 0.526. The third-order valence-corrected chi connectivity index (χ3v) is 2.99. The molecule has 1 amide bonds. The molecule has 1 aromatic heterocycles. The highest BCUT2D eigenvalue weighted by Gasteiger charge is 2.10. The van der Waals surface area contributed by atoms with E-state index in [2.05, 4.69) is 41.0 Å². The summed E-state index contributed by atoms with van der Waals surface area (Å²) in [6.45, 7) is 8.96. The normalized spacial score (nSPS) is 10.3. The predicted molar refractivity (Wildman–Crippen MR) is 82.1 cm³/mol. The lowest BCUT2D eigenvalue weighted by molar-refractivity contribution is 0.0952. The lowest BCUT2D eigenvalue weighted by Gasteiger charge is -2.21. The Hall–Kier alpha value is -1.65. The molecule has 0 saturated carbocycles. The van der Waals surface area contributed by atoms with Crippen LogP contribution >= 0.6 is 0 Å². The SMILES string of the molecule is CCCCNC(=O)c1cnc(N(CCC)CCC)nc1. The molecule has 0 aromatic carbocycles. The van der Waals surface area contributed by atoms with Gasteiger partial charge in [0.15, 0.2) is 0 Å². The Bertz CT molecular complexity index is 385. The fraction of sp³-hybridized carbons (Fsp3) is 0.667. The number of carbonyl (C=O) groups excluding carboxylic acids is 1. The number of hydrogen-bond acceptors (Lipinski definition) is 4. The van der Waals surface area contributed by atoms with Gasteiger partial charge in [-0.15, -0.1) is 0 Å².